The summed E-state index contributed by atoms with van der Waals surface area (Å²) in [5.74, 6) is 0.453. The van der Waals surface area contributed by atoms with Gasteiger partial charge in [-0.1, -0.05) is 106 Å². The Morgan fingerprint density at radius 1 is 0.825 bits per heavy atom. The summed E-state index contributed by atoms with van der Waals surface area (Å²) in [6.45, 7) is 21.1. The van der Waals surface area contributed by atoms with E-state index in [0.29, 0.717) is 22.5 Å². The summed E-state index contributed by atoms with van der Waals surface area (Å²) in [6.07, 6.45) is 4.55. The Labute approximate surface area is 241 Å². The fourth-order valence-corrected chi connectivity index (χ4v) is 4.84. The van der Waals surface area contributed by atoms with Gasteiger partial charge in [0.15, 0.2) is 0 Å². The SMILES string of the molecule is C.CC(C)(C)C1OC(=O)c2ccccc21.CC(C)(C)c1ccc2c(c1)CCC2.Cc1oc(=O)oc1CC(C)(C)C. The lowest BCUT2D eigenvalue weighted by Crippen LogP contribution is -2.18. The summed E-state index contributed by atoms with van der Waals surface area (Å²) in [5.41, 5.74) is 6.76. The molecule has 1 aliphatic heterocycles. The summed E-state index contributed by atoms with van der Waals surface area (Å²) in [4.78, 5) is 22.2. The van der Waals surface area contributed by atoms with Crippen molar-refractivity contribution in [1.29, 1.82) is 0 Å². The summed E-state index contributed by atoms with van der Waals surface area (Å²) >= 11 is 0. The normalized spacial score (nSPS) is 15.9. The molecule has 0 bridgehead atoms. The highest BCUT2D eigenvalue weighted by Crippen LogP contribution is 2.42. The number of rotatable bonds is 1. The highest BCUT2D eigenvalue weighted by Gasteiger charge is 2.38. The number of ether oxygens (including phenoxy) is 1. The van der Waals surface area contributed by atoms with Gasteiger partial charge in [-0.05, 0) is 59.8 Å². The molecule has 0 amide bonds. The molecule has 220 valence electrons. The van der Waals surface area contributed by atoms with Crippen molar-refractivity contribution < 1.29 is 18.4 Å². The molecule has 0 N–H and O–H groups in total. The van der Waals surface area contributed by atoms with Crippen molar-refractivity contribution in [2.45, 2.75) is 114 Å². The lowest BCUT2D eigenvalue weighted by atomic mass is 9.84. The number of carbonyl (C=O) groups excluding carboxylic acids is 1. The van der Waals surface area contributed by atoms with Crippen LogP contribution < -0.4 is 5.82 Å². The van der Waals surface area contributed by atoms with Crippen molar-refractivity contribution >= 4 is 5.97 Å². The quantitative estimate of drug-likeness (QED) is 0.283. The van der Waals surface area contributed by atoms with Crippen LogP contribution in [0.15, 0.2) is 56.1 Å². The molecular formula is C35H50O5. The van der Waals surface area contributed by atoms with Gasteiger partial charge in [-0.15, -0.1) is 0 Å². The van der Waals surface area contributed by atoms with E-state index in [4.69, 9.17) is 13.6 Å². The van der Waals surface area contributed by atoms with Crippen LogP contribution in [0.5, 0.6) is 0 Å². The van der Waals surface area contributed by atoms with E-state index in [1.165, 1.54) is 24.8 Å². The van der Waals surface area contributed by atoms with Gasteiger partial charge >= 0.3 is 11.8 Å². The lowest BCUT2D eigenvalue weighted by molar-refractivity contribution is 0.00778. The van der Waals surface area contributed by atoms with Crippen LogP contribution in [0.3, 0.4) is 0 Å². The third-order valence-corrected chi connectivity index (χ3v) is 6.97. The number of esters is 1. The average molecular weight is 551 g/mol. The fourth-order valence-electron chi connectivity index (χ4n) is 4.84. The molecule has 3 aromatic rings. The minimum Gasteiger partial charge on any atom is -0.453 e. The van der Waals surface area contributed by atoms with Gasteiger partial charge in [0.2, 0.25) is 0 Å². The van der Waals surface area contributed by atoms with E-state index >= 15 is 0 Å². The molecule has 0 spiro atoms. The molecule has 0 fully saturated rings. The molecule has 2 aromatic carbocycles. The largest absolute Gasteiger partial charge is 0.519 e. The Hall–Kier alpha value is -3.08. The first-order valence-electron chi connectivity index (χ1n) is 14.0. The topological polar surface area (TPSA) is 69.7 Å². The van der Waals surface area contributed by atoms with Gasteiger partial charge < -0.3 is 13.6 Å². The zero-order valence-corrected chi connectivity index (χ0v) is 25.5. The van der Waals surface area contributed by atoms with E-state index in [1.54, 1.807) is 18.1 Å². The molecule has 2 aliphatic rings. The van der Waals surface area contributed by atoms with Crippen molar-refractivity contribution in [3.05, 3.63) is 92.4 Å². The van der Waals surface area contributed by atoms with Crippen LogP contribution in [-0.4, -0.2) is 5.97 Å². The van der Waals surface area contributed by atoms with Crippen molar-refractivity contribution in [3.8, 4) is 0 Å². The van der Waals surface area contributed by atoms with Gasteiger partial charge in [-0.25, -0.2) is 9.59 Å². The second kappa shape index (κ2) is 12.6. The Morgan fingerprint density at radius 2 is 1.45 bits per heavy atom. The maximum Gasteiger partial charge on any atom is 0.519 e. The van der Waals surface area contributed by atoms with Crippen LogP contribution in [0, 0.1) is 17.8 Å². The molecule has 5 rings (SSSR count). The van der Waals surface area contributed by atoms with Crippen molar-refractivity contribution in [3.63, 3.8) is 0 Å². The van der Waals surface area contributed by atoms with Gasteiger partial charge in [0.05, 0.1) is 5.56 Å². The first-order valence-corrected chi connectivity index (χ1v) is 14.0. The summed E-state index contributed by atoms with van der Waals surface area (Å²) < 4.78 is 15.0. The number of benzene rings is 2. The molecule has 40 heavy (non-hydrogen) atoms. The number of hydrogen-bond acceptors (Lipinski definition) is 5. The van der Waals surface area contributed by atoms with Gasteiger partial charge in [0.1, 0.15) is 17.6 Å². The zero-order chi connectivity index (χ0) is 29.2. The van der Waals surface area contributed by atoms with Crippen LogP contribution in [0.1, 0.15) is 126 Å². The molecule has 0 saturated heterocycles. The number of hydrogen-bond donors (Lipinski definition) is 0. The molecule has 1 aliphatic carbocycles. The Balaban J connectivity index is 0.000000208. The van der Waals surface area contributed by atoms with Crippen molar-refractivity contribution in [1.82, 2.24) is 0 Å². The predicted molar refractivity (Wildman–Crippen MR) is 163 cm³/mol. The predicted octanol–water partition coefficient (Wildman–Crippen LogP) is 9.18. The highest BCUT2D eigenvalue weighted by molar-refractivity contribution is 5.94. The third-order valence-electron chi connectivity index (χ3n) is 6.97. The van der Waals surface area contributed by atoms with Crippen LogP contribution >= 0.6 is 0 Å². The van der Waals surface area contributed by atoms with Gasteiger partial charge in [-0.2, -0.15) is 0 Å². The first-order chi connectivity index (χ1) is 18.0. The maximum absolute atomic E-state index is 11.5. The summed E-state index contributed by atoms with van der Waals surface area (Å²) in [7, 11) is 0. The first kappa shape index (κ1) is 33.1. The van der Waals surface area contributed by atoms with Crippen LogP contribution in [0.25, 0.3) is 0 Å². The van der Waals surface area contributed by atoms with E-state index in [1.807, 2.05) is 24.3 Å². The van der Waals surface area contributed by atoms with Crippen molar-refractivity contribution in [2.75, 3.05) is 0 Å². The van der Waals surface area contributed by atoms with E-state index in [-0.39, 0.29) is 30.3 Å². The molecule has 0 radical (unpaired) electrons. The highest BCUT2D eigenvalue weighted by atomic mass is 16.6. The van der Waals surface area contributed by atoms with E-state index in [9.17, 15) is 9.59 Å². The minimum atomic E-state index is -0.605. The Kier molecular flexibility index (Phi) is 10.4. The van der Waals surface area contributed by atoms with Crippen LogP contribution in [-0.2, 0) is 29.4 Å². The minimum absolute atomic E-state index is 0. The van der Waals surface area contributed by atoms with Gasteiger partial charge in [0, 0.05) is 17.4 Å². The lowest BCUT2D eigenvalue weighted by Gasteiger charge is -2.25. The maximum atomic E-state index is 11.5. The van der Waals surface area contributed by atoms with Crippen LogP contribution in [0.4, 0.5) is 0 Å². The van der Waals surface area contributed by atoms with Crippen LogP contribution in [0.2, 0.25) is 0 Å². The molecule has 1 aromatic heterocycles. The molecule has 1 unspecified atom stereocenters. The monoisotopic (exact) mass is 550 g/mol. The molecule has 2 heterocycles. The van der Waals surface area contributed by atoms with E-state index in [0.717, 1.165) is 12.0 Å². The zero-order valence-electron chi connectivity index (χ0n) is 25.5. The smallest absolute Gasteiger partial charge is 0.453 e. The average Bonchev–Trinajstić information content (AvgIpc) is 3.50. The second-order valence-corrected chi connectivity index (χ2v) is 14.0. The molecular weight excluding hydrogens is 500 g/mol. The fraction of sp³-hybridized carbons (Fsp3) is 0.543. The second-order valence-electron chi connectivity index (χ2n) is 14.0. The molecule has 1 atom stereocenters. The summed E-state index contributed by atoms with van der Waals surface area (Å²) in [6, 6.07) is 14.6. The van der Waals surface area contributed by atoms with E-state index in [2.05, 4.69) is 80.5 Å². The summed E-state index contributed by atoms with van der Waals surface area (Å²) in [5, 5.41) is 0. The van der Waals surface area contributed by atoms with Crippen molar-refractivity contribution in [2.24, 2.45) is 10.8 Å². The van der Waals surface area contributed by atoms with Gasteiger partial charge in [0.25, 0.3) is 0 Å². The molecule has 5 nitrogen and oxygen atoms in total. The number of carbonyl (C=O) groups is 1. The number of aryl methyl sites for hydroxylation is 3. The Morgan fingerprint density at radius 3 is 2.00 bits per heavy atom. The number of cyclic esters (lactones) is 1. The number of fused-ring (bicyclic) bond motifs is 2. The molecule has 0 saturated carbocycles. The van der Waals surface area contributed by atoms with E-state index < -0.39 is 5.82 Å². The van der Waals surface area contributed by atoms with Gasteiger partial charge in [-0.3, -0.25) is 0 Å². The standard InChI is InChI=1S/C13H18.C12H14O2.C9H14O3.CH4/c1-13(2,3)12-8-7-10-5-4-6-11(10)9-12;1-12(2,3)10-8-6-4-5-7-9(8)11(13)14-10;1-6-7(5-9(2,3)4)12-8(10)11-6;/h7-9H,4-6H2,1-3H3;4-7,10H,1-3H3;5H2,1-4H3;1H4. The molecule has 5 heteroatoms. The Bertz CT molecular complexity index is 1340. The third kappa shape index (κ3) is 8.71.